The second-order valence-electron chi connectivity index (χ2n) is 5.80. The molecule has 1 saturated carbocycles. The maximum Gasteiger partial charge on any atom is 0.243 e. The summed E-state index contributed by atoms with van der Waals surface area (Å²) in [7, 11) is -3.57. The molecule has 0 radical (unpaired) electrons. The Morgan fingerprint density at radius 2 is 1.75 bits per heavy atom. The van der Waals surface area contributed by atoms with Gasteiger partial charge in [-0.3, -0.25) is 4.79 Å². The number of rotatable bonds is 2. The summed E-state index contributed by atoms with van der Waals surface area (Å²) < 4.78 is 27.1. The largest absolute Gasteiger partial charge is 0.298 e. The van der Waals surface area contributed by atoms with Gasteiger partial charge in [0.2, 0.25) is 10.0 Å². The zero-order valence-corrected chi connectivity index (χ0v) is 12.4. The van der Waals surface area contributed by atoms with Crippen LogP contribution < -0.4 is 0 Å². The van der Waals surface area contributed by atoms with Crippen molar-refractivity contribution in [3.8, 4) is 0 Å². The Balaban J connectivity index is 2.03. The fourth-order valence-corrected chi connectivity index (χ4v) is 5.33. The summed E-state index contributed by atoms with van der Waals surface area (Å²) in [5.74, 6) is 0.102. The van der Waals surface area contributed by atoms with Crippen LogP contribution in [0.5, 0.6) is 0 Å². The van der Waals surface area contributed by atoms with Crippen molar-refractivity contribution < 1.29 is 13.2 Å². The van der Waals surface area contributed by atoms with E-state index in [4.69, 9.17) is 0 Å². The molecule has 0 bridgehead atoms. The molecule has 1 aliphatic heterocycles. The fourth-order valence-electron chi connectivity index (χ4n) is 3.48. The van der Waals surface area contributed by atoms with Crippen LogP contribution in [0, 0.1) is 6.92 Å². The van der Waals surface area contributed by atoms with Gasteiger partial charge in [0.1, 0.15) is 0 Å². The van der Waals surface area contributed by atoms with Crippen molar-refractivity contribution >= 4 is 15.8 Å². The summed E-state index contributed by atoms with van der Waals surface area (Å²) >= 11 is 0. The number of sulfonamides is 1. The van der Waals surface area contributed by atoms with Crippen LogP contribution in [0.15, 0.2) is 29.2 Å². The van der Waals surface area contributed by atoms with Crippen molar-refractivity contribution in [1.82, 2.24) is 4.31 Å². The third-order valence-electron chi connectivity index (χ3n) is 4.55. The molecular weight excluding hydrogens is 274 g/mol. The van der Waals surface area contributed by atoms with Crippen LogP contribution in [0.1, 0.15) is 37.7 Å². The minimum absolute atomic E-state index is 0.102. The normalized spacial score (nSPS) is 27.6. The first-order valence-corrected chi connectivity index (χ1v) is 8.54. The average Bonchev–Trinajstić information content (AvgIpc) is 2.99. The molecule has 4 nitrogen and oxygen atoms in total. The van der Waals surface area contributed by atoms with Gasteiger partial charge in [-0.15, -0.1) is 0 Å². The van der Waals surface area contributed by atoms with Gasteiger partial charge in [0, 0.05) is 13.0 Å². The lowest BCUT2D eigenvalue weighted by Gasteiger charge is -2.32. The van der Waals surface area contributed by atoms with Gasteiger partial charge in [0.05, 0.1) is 10.4 Å². The summed E-state index contributed by atoms with van der Waals surface area (Å²) in [6.45, 7) is 2.39. The molecule has 2 aliphatic rings. The van der Waals surface area contributed by atoms with Gasteiger partial charge >= 0.3 is 0 Å². The van der Waals surface area contributed by atoms with E-state index in [1.807, 2.05) is 6.92 Å². The number of hydrogen-bond donors (Lipinski definition) is 0. The number of carbonyl (C=O) groups excluding carboxylic acids is 1. The third-order valence-corrected chi connectivity index (χ3v) is 6.53. The maximum absolute atomic E-state index is 12.8. The lowest BCUT2D eigenvalue weighted by molar-refractivity contribution is -0.124. The van der Waals surface area contributed by atoms with Crippen LogP contribution in [0.2, 0.25) is 0 Å². The van der Waals surface area contributed by atoms with E-state index in [9.17, 15) is 13.2 Å². The zero-order valence-electron chi connectivity index (χ0n) is 11.6. The molecule has 3 rings (SSSR count). The van der Waals surface area contributed by atoms with E-state index < -0.39 is 15.6 Å². The van der Waals surface area contributed by atoms with E-state index in [0.29, 0.717) is 30.7 Å². The summed E-state index contributed by atoms with van der Waals surface area (Å²) in [5.41, 5.74) is 0.279. The Kier molecular flexibility index (Phi) is 3.21. The molecule has 1 aromatic rings. The fraction of sp³-hybridized carbons (Fsp3) is 0.533. The van der Waals surface area contributed by atoms with Gasteiger partial charge in [-0.25, -0.2) is 8.42 Å². The number of benzene rings is 1. The maximum atomic E-state index is 12.8. The van der Waals surface area contributed by atoms with E-state index in [-0.39, 0.29) is 5.78 Å². The molecule has 0 aromatic heterocycles. The van der Waals surface area contributed by atoms with Gasteiger partial charge in [0.15, 0.2) is 5.78 Å². The van der Waals surface area contributed by atoms with Crippen molar-refractivity contribution in [2.24, 2.45) is 0 Å². The topological polar surface area (TPSA) is 54.5 Å². The van der Waals surface area contributed by atoms with E-state index >= 15 is 0 Å². The first-order chi connectivity index (χ1) is 9.47. The van der Waals surface area contributed by atoms with Gasteiger partial charge in [0.25, 0.3) is 0 Å². The molecule has 2 fully saturated rings. The quantitative estimate of drug-likeness (QED) is 0.840. The van der Waals surface area contributed by atoms with E-state index in [0.717, 1.165) is 18.4 Å². The van der Waals surface area contributed by atoms with Gasteiger partial charge in [-0.2, -0.15) is 4.31 Å². The summed E-state index contributed by atoms with van der Waals surface area (Å²) in [6, 6.07) is 6.87. The first-order valence-electron chi connectivity index (χ1n) is 7.10. The highest BCUT2D eigenvalue weighted by Gasteiger charge is 2.54. The molecule has 1 heterocycles. The lowest BCUT2D eigenvalue weighted by Crippen LogP contribution is -2.50. The molecule has 1 saturated heterocycles. The molecule has 20 heavy (non-hydrogen) atoms. The monoisotopic (exact) mass is 293 g/mol. The third kappa shape index (κ3) is 1.91. The predicted octanol–water partition coefficient (Wildman–Crippen LogP) is 2.27. The number of carbonyl (C=O) groups is 1. The second kappa shape index (κ2) is 4.67. The number of hydrogen-bond acceptors (Lipinski definition) is 3. The Morgan fingerprint density at radius 3 is 2.35 bits per heavy atom. The van der Waals surface area contributed by atoms with Crippen molar-refractivity contribution in [2.45, 2.75) is 49.5 Å². The van der Waals surface area contributed by atoms with Crippen molar-refractivity contribution in [2.75, 3.05) is 6.54 Å². The molecule has 1 aromatic carbocycles. The van der Waals surface area contributed by atoms with E-state index in [1.54, 1.807) is 24.3 Å². The molecule has 0 unspecified atom stereocenters. The zero-order chi connectivity index (χ0) is 14.4. The molecule has 5 heteroatoms. The number of aryl methyl sites for hydroxylation is 1. The van der Waals surface area contributed by atoms with Gasteiger partial charge in [-0.05, 0) is 44.7 Å². The SMILES string of the molecule is Cc1ccc(S(=O)(=O)N2CCC[C@@]23CCCC3=O)cc1. The minimum Gasteiger partial charge on any atom is -0.298 e. The number of ketones is 1. The van der Waals surface area contributed by atoms with Crippen molar-refractivity contribution in [3.63, 3.8) is 0 Å². The van der Waals surface area contributed by atoms with Crippen LogP contribution in [0.3, 0.4) is 0 Å². The second-order valence-corrected chi connectivity index (χ2v) is 7.66. The Bertz CT molecular complexity index is 632. The van der Waals surface area contributed by atoms with Crippen LogP contribution in [0.4, 0.5) is 0 Å². The lowest BCUT2D eigenvalue weighted by atomic mass is 9.95. The first kappa shape index (κ1) is 13.8. The standard InChI is InChI=1S/C15H19NO3S/c1-12-5-7-13(8-6-12)20(18,19)16-11-3-10-15(16)9-2-4-14(15)17/h5-8H,2-4,9-11H2,1H3/t15-/m1/s1. The molecule has 1 spiro atoms. The average molecular weight is 293 g/mol. The molecule has 1 aliphatic carbocycles. The summed E-state index contributed by atoms with van der Waals surface area (Å²) in [6.07, 6.45) is 3.45. The van der Waals surface area contributed by atoms with E-state index in [2.05, 4.69) is 0 Å². The van der Waals surface area contributed by atoms with E-state index in [1.165, 1.54) is 4.31 Å². The van der Waals surface area contributed by atoms with Crippen LogP contribution >= 0.6 is 0 Å². The predicted molar refractivity (Wildman–Crippen MR) is 75.9 cm³/mol. The number of Topliss-reactive ketones (excluding diaryl/α,β-unsaturated/α-hetero) is 1. The highest BCUT2D eigenvalue weighted by atomic mass is 32.2. The van der Waals surface area contributed by atoms with Crippen molar-refractivity contribution in [1.29, 1.82) is 0 Å². The van der Waals surface area contributed by atoms with Crippen LogP contribution in [-0.4, -0.2) is 30.6 Å². The Labute approximate surface area is 119 Å². The summed E-state index contributed by atoms with van der Waals surface area (Å²) in [5, 5.41) is 0. The summed E-state index contributed by atoms with van der Waals surface area (Å²) in [4.78, 5) is 12.5. The smallest absolute Gasteiger partial charge is 0.243 e. The Morgan fingerprint density at radius 1 is 1.10 bits per heavy atom. The molecule has 108 valence electrons. The molecular formula is C15H19NO3S. The van der Waals surface area contributed by atoms with Gasteiger partial charge in [-0.1, -0.05) is 17.7 Å². The molecule has 1 atom stereocenters. The van der Waals surface area contributed by atoms with Crippen LogP contribution in [0.25, 0.3) is 0 Å². The minimum atomic E-state index is -3.57. The highest BCUT2D eigenvalue weighted by Crippen LogP contribution is 2.43. The molecule has 0 amide bonds. The Hall–Kier alpha value is -1.20. The highest BCUT2D eigenvalue weighted by molar-refractivity contribution is 7.89. The van der Waals surface area contributed by atoms with Crippen molar-refractivity contribution in [3.05, 3.63) is 29.8 Å². The molecule has 0 N–H and O–H groups in total. The van der Waals surface area contributed by atoms with Gasteiger partial charge < -0.3 is 0 Å². The van der Waals surface area contributed by atoms with Crippen LogP contribution in [-0.2, 0) is 14.8 Å². The number of nitrogens with zero attached hydrogens (tertiary/aromatic N) is 1.